The highest BCUT2D eigenvalue weighted by Crippen LogP contribution is 2.39. The van der Waals surface area contributed by atoms with Gasteiger partial charge in [-0.05, 0) is 43.1 Å². The molecule has 0 radical (unpaired) electrons. The number of carbonyl (C=O) groups is 1. The Morgan fingerprint density at radius 3 is 2.52 bits per heavy atom. The summed E-state index contributed by atoms with van der Waals surface area (Å²) < 4.78 is 6.53. The van der Waals surface area contributed by atoms with Crippen molar-refractivity contribution in [2.45, 2.75) is 63.9 Å². The van der Waals surface area contributed by atoms with Gasteiger partial charge in [0, 0.05) is 0 Å². The summed E-state index contributed by atoms with van der Waals surface area (Å²) in [7, 11) is -1.85. The Bertz CT molecular complexity index is 595. The van der Waals surface area contributed by atoms with Gasteiger partial charge >= 0.3 is 5.97 Å². The summed E-state index contributed by atoms with van der Waals surface area (Å²) in [5.74, 6) is -0.317. The number of hydroxylamine groups is 2. The first-order valence-corrected chi connectivity index (χ1v) is 11.9. The van der Waals surface area contributed by atoms with Crippen molar-refractivity contribution in [3.05, 3.63) is 48.6 Å². The fourth-order valence-corrected chi connectivity index (χ4v) is 4.13. The molecule has 0 aromatic heterocycles. The van der Waals surface area contributed by atoms with Crippen LogP contribution < -0.4 is 0 Å². The second kappa shape index (κ2) is 7.85. The molecule has 1 aromatic carbocycles. The molecule has 0 amide bonds. The fourth-order valence-electron chi connectivity index (χ4n) is 2.78. The first-order chi connectivity index (χ1) is 11.6. The van der Waals surface area contributed by atoms with Crippen molar-refractivity contribution in [1.82, 2.24) is 5.06 Å². The van der Waals surface area contributed by atoms with E-state index in [2.05, 4.69) is 40.4 Å². The molecule has 1 saturated heterocycles. The minimum Gasteiger partial charge on any atom is -0.412 e. The van der Waals surface area contributed by atoms with Crippen molar-refractivity contribution < 1.29 is 14.1 Å². The van der Waals surface area contributed by atoms with Crippen LogP contribution >= 0.6 is 0 Å². The van der Waals surface area contributed by atoms with Gasteiger partial charge in [-0.1, -0.05) is 45.0 Å². The van der Waals surface area contributed by atoms with Crippen LogP contribution in [0.1, 0.15) is 44.0 Å². The summed E-state index contributed by atoms with van der Waals surface area (Å²) in [6.07, 6.45) is 3.61. The number of hydrogen-bond acceptors (Lipinski definition) is 4. The lowest BCUT2D eigenvalue weighted by molar-refractivity contribution is -0.121. The van der Waals surface area contributed by atoms with E-state index in [4.69, 9.17) is 9.26 Å². The molecule has 0 spiro atoms. The molecule has 1 aromatic rings. The van der Waals surface area contributed by atoms with E-state index in [-0.39, 0.29) is 23.2 Å². The van der Waals surface area contributed by atoms with Crippen molar-refractivity contribution in [2.24, 2.45) is 0 Å². The van der Waals surface area contributed by atoms with Crippen molar-refractivity contribution in [2.75, 3.05) is 6.54 Å². The topological polar surface area (TPSA) is 38.8 Å². The third-order valence-corrected chi connectivity index (χ3v) is 9.78. The number of carbonyl (C=O) groups excluding carboxylic acids is 1. The molecule has 4 nitrogen and oxygen atoms in total. The summed E-state index contributed by atoms with van der Waals surface area (Å²) >= 11 is 0. The molecular weight excluding hydrogens is 330 g/mol. The second-order valence-corrected chi connectivity index (χ2v) is 13.0. The summed E-state index contributed by atoms with van der Waals surface area (Å²) in [5, 5.41) is 1.95. The number of nitrogens with zero attached hydrogens (tertiary/aromatic N) is 1. The summed E-state index contributed by atoms with van der Waals surface area (Å²) in [6, 6.07) is 9.22. The Balaban J connectivity index is 2.05. The molecule has 138 valence electrons. The predicted octanol–water partition coefficient (Wildman–Crippen LogP) is 4.80. The molecule has 1 aliphatic heterocycles. The van der Waals surface area contributed by atoms with Gasteiger partial charge < -0.3 is 9.26 Å². The van der Waals surface area contributed by atoms with Crippen LogP contribution in [0.5, 0.6) is 0 Å². The van der Waals surface area contributed by atoms with E-state index >= 15 is 0 Å². The molecule has 25 heavy (non-hydrogen) atoms. The molecule has 0 N–H and O–H groups in total. The van der Waals surface area contributed by atoms with Crippen LogP contribution in [-0.4, -0.2) is 38.0 Å². The Hall–Kier alpha value is -1.43. The highest BCUT2D eigenvalue weighted by molar-refractivity contribution is 6.74. The fraction of sp³-hybridized carbons (Fsp3) is 0.550. The Kier molecular flexibility index (Phi) is 6.24. The SMILES string of the molecule is C=CCC1C[C@@H](O[Si](C)(C)C(C)(C)C)CN1OC(=O)c1ccccc1. The summed E-state index contributed by atoms with van der Waals surface area (Å²) in [6.45, 7) is 15.7. The van der Waals surface area contributed by atoms with Gasteiger partial charge in [-0.2, -0.15) is 0 Å². The van der Waals surface area contributed by atoms with Crippen molar-refractivity contribution in [3.63, 3.8) is 0 Å². The van der Waals surface area contributed by atoms with Gasteiger partial charge in [0.2, 0.25) is 0 Å². The zero-order valence-corrected chi connectivity index (χ0v) is 17.1. The van der Waals surface area contributed by atoms with E-state index < -0.39 is 8.32 Å². The largest absolute Gasteiger partial charge is 0.412 e. The van der Waals surface area contributed by atoms with Crippen LogP contribution in [0.15, 0.2) is 43.0 Å². The van der Waals surface area contributed by atoms with E-state index in [9.17, 15) is 4.79 Å². The third-order valence-electron chi connectivity index (χ3n) is 5.24. The van der Waals surface area contributed by atoms with Crippen molar-refractivity contribution in [3.8, 4) is 0 Å². The average Bonchev–Trinajstić information content (AvgIpc) is 2.88. The van der Waals surface area contributed by atoms with Gasteiger partial charge in [-0.25, -0.2) is 4.79 Å². The maximum atomic E-state index is 12.4. The lowest BCUT2D eigenvalue weighted by Crippen LogP contribution is -2.44. The Labute approximate surface area is 152 Å². The third kappa shape index (κ3) is 5.03. The minimum atomic E-state index is -1.85. The molecule has 5 heteroatoms. The number of rotatable bonds is 6. The smallest absolute Gasteiger partial charge is 0.357 e. The van der Waals surface area contributed by atoms with E-state index in [1.165, 1.54) is 0 Å². The Morgan fingerprint density at radius 1 is 1.32 bits per heavy atom. The molecule has 1 heterocycles. The molecule has 0 aliphatic carbocycles. The van der Waals surface area contributed by atoms with Crippen LogP contribution in [0.2, 0.25) is 18.1 Å². The molecule has 1 unspecified atom stereocenters. The van der Waals surface area contributed by atoms with Gasteiger partial charge in [-0.15, -0.1) is 11.6 Å². The van der Waals surface area contributed by atoms with E-state index in [1.807, 2.05) is 24.3 Å². The molecule has 0 saturated carbocycles. The van der Waals surface area contributed by atoms with Gasteiger partial charge in [0.05, 0.1) is 24.3 Å². The van der Waals surface area contributed by atoms with Gasteiger partial charge in [0.15, 0.2) is 8.32 Å². The van der Waals surface area contributed by atoms with Crippen LogP contribution in [0.4, 0.5) is 0 Å². The van der Waals surface area contributed by atoms with Crippen LogP contribution in [-0.2, 0) is 9.26 Å². The maximum absolute atomic E-state index is 12.4. The van der Waals surface area contributed by atoms with E-state index in [1.54, 1.807) is 17.2 Å². The maximum Gasteiger partial charge on any atom is 0.357 e. The van der Waals surface area contributed by atoms with Crippen LogP contribution in [0.3, 0.4) is 0 Å². The minimum absolute atomic E-state index is 0.0921. The molecule has 0 bridgehead atoms. The lowest BCUT2D eigenvalue weighted by Gasteiger charge is -2.38. The van der Waals surface area contributed by atoms with Crippen molar-refractivity contribution in [1.29, 1.82) is 0 Å². The molecular formula is C20H31NO3Si. The standard InChI is InChI=1S/C20H31NO3Si/c1-7-11-17-14-18(24-25(5,6)20(2,3)4)15-21(17)23-19(22)16-12-9-8-10-13-16/h7-10,12-13,17-18H,1,11,14-15H2,2-6H3/t17?,18-/m1/s1. The number of hydrogen-bond donors (Lipinski definition) is 0. The van der Waals surface area contributed by atoms with Gasteiger partial charge in [0.1, 0.15) is 0 Å². The monoisotopic (exact) mass is 361 g/mol. The van der Waals surface area contributed by atoms with Crippen LogP contribution in [0.25, 0.3) is 0 Å². The number of benzene rings is 1. The highest BCUT2D eigenvalue weighted by Gasteiger charge is 2.43. The average molecular weight is 362 g/mol. The van der Waals surface area contributed by atoms with Crippen molar-refractivity contribution >= 4 is 14.3 Å². The highest BCUT2D eigenvalue weighted by atomic mass is 28.4. The first-order valence-electron chi connectivity index (χ1n) is 8.97. The van der Waals surface area contributed by atoms with E-state index in [0.717, 1.165) is 12.8 Å². The Morgan fingerprint density at radius 2 is 1.96 bits per heavy atom. The van der Waals surface area contributed by atoms with E-state index in [0.29, 0.717) is 12.1 Å². The molecule has 2 rings (SSSR count). The molecule has 1 aliphatic rings. The normalized spacial score (nSPS) is 22.0. The molecule has 1 fully saturated rings. The summed E-state index contributed by atoms with van der Waals surface area (Å²) in [5.41, 5.74) is 0.564. The first kappa shape index (κ1) is 19.9. The van der Waals surface area contributed by atoms with Gasteiger partial charge in [-0.3, -0.25) is 0 Å². The zero-order chi connectivity index (χ0) is 18.7. The molecule has 2 atom stereocenters. The lowest BCUT2D eigenvalue weighted by atomic mass is 10.1. The zero-order valence-electron chi connectivity index (χ0n) is 16.1. The van der Waals surface area contributed by atoms with Gasteiger partial charge in [0.25, 0.3) is 0 Å². The second-order valence-electron chi connectivity index (χ2n) is 8.26. The van der Waals surface area contributed by atoms with Crippen LogP contribution in [0, 0.1) is 0 Å². The quantitative estimate of drug-likeness (QED) is 0.539. The predicted molar refractivity (Wildman–Crippen MR) is 104 cm³/mol. The summed E-state index contributed by atoms with van der Waals surface area (Å²) in [4.78, 5) is 18.1.